The number of rotatable bonds is 6. The summed E-state index contributed by atoms with van der Waals surface area (Å²) in [6, 6.07) is -0.919. The molecule has 7 nitrogen and oxygen atoms in total. The number of nitrogens with zero attached hydrogens (tertiary/aromatic N) is 1. The van der Waals surface area contributed by atoms with Crippen molar-refractivity contribution in [3.05, 3.63) is 26.6 Å². The van der Waals surface area contributed by atoms with Gasteiger partial charge in [-0.2, -0.15) is 0 Å². The zero-order valence-corrected chi connectivity index (χ0v) is 16.6. The Labute approximate surface area is 161 Å². The number of aromatic amines is 1. The van der Waals surface area contributed by atoms with Gasteiger partial charge in [-0.05, 0) is 36.7 Å². The number of aromatic nitrogens is 2. The van der Waals surface area contributed by atoms with Crippen LogP contribution in [0.3, 0.4) is 0 Å². The number of amides is 1. The fraction of sp³-hybridized carbons (Fsp3) is 0.579. The molecule has 1 amide bonds. The summed E-state index contributed by atoms with van der Waals surface area (Å²) in [7, 11) is 0. The van der Waals surface area contributed by atoms with Gasteiger partial charge in [0.1, 0.15) is 16.7 Å². The summed E-state index contributed by atoms with van der Waals surface area (Å²) in [5, 5.41) is 12.4. The standard InChI is InChI=1S/C19H25N3O4S/c1-9(2)16(19(25)26)22-14(23)7-6-13-20-17(24)15-11-5-4-10(3)8-12(11)27-18(15)21-13/h9-10,16H,4-8H2,1-3H3,(H,22,23)(H,25,26)(H,20,21,24)/t10?,16-/m1/s1. The van der Waals surface area contributed by atoms with Gasteiger partial charge in [-0.1, -0.05) is 20.8 Å². The third-order valence-electron chi connectivity index (χ3n) is 5.05. The molecule has 0 fully saturated rings. The van der Waals surface area contributed by atoms with Gasteiger partial charge in [0.25, 0.3) is 5.56 Å². The van der Waals surface area contributed by atoms with E-state index >= 15 is 0 Å². The predicted molar refractivity (Wildman–Crippen MR) is 104 cm³/mol. The van der Waals surface area contributed by atoms with Gasteiger partial charge < -0.3 is 15.4 Å². The molecule has 146 valence electrons. The van der Waals surface area contributed by atoms with Crippen LogP contribution in [0.25, 0.3) is 10.2 Å². The Morgan fingerprint density at radius 1 is 1.41 bits per heavy atom. The predicted octanol–water partition coefficient (Wildman–Crippen LogP) is 2.27. The van der Waals surface area contributed by atoms with Gasteiger partial charge in [-0.3, -0.25) is 9.59 Å². The number of carbonyl (C=O) groups is 2. The first-order valence-electron chi connectivity index (χ1n) is 9.31. The molecule has 27 heavy (non-hydrogen) atoms. The Hall–Kier alpha value is -2.22. The maximum Gasteiger partial charge on any atom is 0.326 e. The zero-order chi connectivity index (χ0) is 19.7. The topological polar surface area (TPSA) is 112 Å². The largest absolute Gasteiger partial charge is 0.480 e. The molecule has 2 aromatic heterocycles. The fourth-order valence-corrected chi connectivity index (χ4v) is 4.91. The Morgan fingerprint density at radius 3 is 2.81 bits per heavy atom. The molecule has 3 N–H and O–H groups in total. The van der Waals surface area contributed by atoms with Gasteiger partial charge >= 0.3 is 5.97 Å². The summed E-state index contributed by atoms with van der Waals surface area (Å²) in [6.07, 6.45) is 3.32. The van der Waals surface area contributed by atoms with Crippen molar-refractivity contribution in [3.63, 3.8) is 0 Å². The number of aliphatic carboxylic acids is 1. The van der Waals surface area contributed by atoms with E-state index in [0.717, 1.165) is 29.7 Å². The molecule has 2 heterocycles. The van der Waals surface area contributed by atoms with Crippen LogP contribution in [0.5, 0.6) is 0 Å². The number of thiophene rings is 1. The minimum atomic E-state index is -1.05. The summed E-state index contributed by atoms with van der Waals surface area (Å²) in [5.74, 6) is -0.537. The summed E-state index contributed by atoms with van der Waals surface area (Å²) < 4.78 is 0. The molecule has 2 atom stereocenters. The van der Waals surface area contributed by atoms with Crippen molar-refractivity contribution in [1.29, 1.82) is 0 Å². The average Bonchev–Trinajstić information content (AvgIpc) is 2.94. The number of hydrogen-bond donors (Lipinski definition) is 3. The highest BCUT2D eigenvalue weighted by atomic mass is 32.1. The number of hydrogen-bond acceptors (Lipinski definition) is 5. The van der Waals surface area contributed by atoms with Gasteiger partial charge in [0, 0.05) is 17.7 Å². The Morgan fingerprint density at radius 2 is 2.15 bits per heavy atom. The van der Waals surface area contributed by atoms with Crippen molar-refractivity contribution in [2.45, 2.75) is 58.9 Å². The van der Waals surface area contributed by atoms with Crippen LogP contribution in [0.4, 0.5) is 0 Å². The van der Waals surface area contributed by atoms with Crippen LogP contribution < -0.4 is 10.9 Å². The van der Waals surface area contributed by atoms with Crippen LogP contribution in [0.15, 0.2) is 4.79 Å². The van der Waals surface area contributed by atoms with Gasteiger partial charge in [0.2, 0.25) is 5.91 Å². The zero-order valence-electron chi connectivity index (χ0n) is 15.8. The van der Waals surface area contributed by atoms with Crippen LogP contribution in [0, 0.1) is 11.8 Å². The van der Waals surface area contributed by atoms with Gasteiger partial charge in [0.05, 0.1) is 5.39 Å². The third-order valence-corrected chi connectivity index (χ3v) is 6.20. The molecule has 1 aliphatic carbocycles. The van der Waals surface area contributed by atoms with Crippen molar-refractivity contribution < 1.29 is 14.7 Å². The molecule has 8 heteroatoms. The van der Waals surface area contributed by atoms with Crippen LogP contribution in [-0.2, 0) is 28.9 Å². The van der Waals surface area contributed by atoms with E-state index < -0.39 is 12.0 Å². The normalized spacial score (nSPS) is 17.7. The SMILES string of the molecule is CC1CCc2c(sc3nc(CCC(=O)N[C@@H](C(=O)O)C(C)C)[nH]c(=O)c23)C1. The fourth-order valence-electron chi connectivity index (χ4n) is 3.50. The maximum absolute atomic E-state index is 12.5. The first kappa shape index (κ1) is 19.5. The van der Waals surface area contributed by atoms with Crippen molar-refractivity contribution >= 4 is 33.4 Å². The molecule has 0 bridgehead atoms. The molecular formula is C19H25N3O4S. The maximum atomic E-state index is 12.5. The lowest BCUT2D eigenvalue weighted by Crippen LogP contribution is -2.44. The summed E-state index contributed by atoms with van der Waals surface area (Å²) in [6.45, 7) is 5.70. The van der Waals surface area contributed by atoms with E-state index in [1.54, 1.807) is 25.2 Å². The minimum Gasteiger partial charge on any atom is -0.480 e. The lowest BCUT2D eigenvalue weighted by Gasteiger charge is -2.17. The van der Waals surface area contributed by atoms with Gasteiger partial charge in [0.15, 0.2) is 0 Å². The Kier molecular flexibility index (Phi) is 5.64. The minimum absolute atomic E-state index is 0.0765. The van der Waals surface area contributed by atoms with E-state index in [1.165, 1.54) is 4.88 Å². The average molecular weight is 391 g/mol. The smallest absolute Gasteiger partial charge is 0.326 e. The number of carboxylic acids is 1. The quantitative estimate of drug-likeness (QED) is 0.699. The second-order valence-corrected chi connectivity index (χ2v) is 8.76. The molecule has 3 rings (SSSR count). The molecule has 0 spiro atoms. The van der Waals surface area contributed by atoms with Gasteiger partial charge in [-0.15, -0.1) is 11.3 Å². The number of fused-ring (bicyclic) bond motifs is 3. The number of aryl methyl sites for hydroxylation is 2. The molecule has 0 radical (unpaired) electrons. The first-order chi connectivity index (χ1) is 12.8. The Bertz CT molecular complexity index is 931. The number of carboxylic acid groups (broad SMARTS) is 1. The van der Waals surface area contributed by atoms with E-state index in [-0.39, 0.29) is 30.2 Å². The number of carbonyl (C=O) groups excluding carboxylic acids is 1. The molecule has 1 unspecified atom stereocenters. The lowest BCUT2D eigenvalue weighted by atomic mass is 9.89. The van der Waals surface area contributed by atoms with Crippen molar-refractivity contribution in [2.24, 2.45) is 11.8 Å². The number of H-pyrrole nitrogens is 1. The molecular weight excluding hydrogens is 366 g/mol. The molecule has 0 saturated heterocycles. The summed E-state index contributed by atoms with van der Waals surface area (Å²) in [5.41, 5.74) is 0.987. The van der Waals surface area contributed by atoms with Crippen LogP contribution in [0.2, 0.25) is 0 Å². The van der Waals surface area contributed by atoms with Crippen LogP contribution in [-0.4, -0.2) is 33.0 Å². The summed E-state index contributed by atoms with van der Waals surface area (Å²) in [4.78, 5) is 45.2. The van der Waals surface area contributed by atoms with E-state index in [9.17, 15) is 14.4 Å². The number of nitrogens with one attached hydrogen (secondary N) is 2. The van der Waals surface area contributed by atoms with Crippen LogP contribution in [0.1, 0.15) is 49.9 Å². The molecule has 1 aliphatic rings. The third kappa shape index (κ3) is 4.21. The highest BCUT2D eigenvalue weighted by Crippen LogP contribution is 2.35. The molecule has 0 saturated carbocycles. The summed E-state index contributed by atoms with van der Waals surface area (Å²) >= 11 is 1.58. The second-order valence-electron chi connectivity index (χ2n) is 7.67. The van der Waals surface area contributed by atoms with Crippen molar-refractivity contribution in [2.75, 3.05) is 0 Å². The van der Waals surface area contributed by atoms with Crippen LogP contribution >= 0.6 is 11.3 Å². The molecule has 2 aromatic rings. The highest BCUT2D eigenvalue weighted by molar-refractivity contribution is 7.18. The monoisotopic (exact) mass is 391 g/mol. The van der Waals surface area contributed by atoms with Crippen molar-refractivity contribution in [1.82, 2.24) is 15.3 Å². The van der Waals surface area contributed by atoms with E-state index in [4.69, 9.17) is 5.11 Å². The van der Waals surface area contributed by atoms with Gasteiger partial charge in [-0.25, -0.2) is 9.78 Å². The molecule has 0 aliphatic heterocycles. The van der Waals surface area contributed by atoms with Crippen molar-refractivity contribution in [3.8, 4) is 0 Å². The van der Waals surface area contributed by atoms with E-state index in [0.29, 0.717) is 17.1 Å². The molecule has 0 aromatic carbocycles. The Balaban J connectivity index is 1.74. The van der Waals surface area contributed by atoms with E-state index in [1.807, 2.05) is 0 Å². The second kappa shape index (κ2) is 7.80. The lowest BCUT2D eigenvalue weighted by molar-refractivity contribution is -0.143. The van der Waals surface area contributed by atoms with E-state index in [2.05, 4.69) is 22.2 Å². The highest BCUT2D eigenvalue weighted by Gasteiger charge is 2.24. The first-order valence-corrected chi connectivity index (χ1v) is 10.1.